The maximum Gasteiger partial charge on any atom is 0.291 e. The fraction of sp³-hybridized carbons (Fsp3) is 0.429. The van der Waals surface area contributed by atoms with Crippen molar-refractivity contribution in [2.24, 2.45) is 5.92 Å². The van der Waals surface area contributed by atoms with Gasteiger partial charge in [0.1, 0.15) is 5.82 Å². The first-order valence-corrected chi connectivity index (χ1v) is 9.93. The number of amides is 1. The van der Waals surface area contributed by atoms with Gasteiger partial charge < -0.3 is 14.6 Å². The molecule has 7 heteroatoms. The van der Waals surface area contributed by atoms with E-state index < -0.39 is 6.10 Å². The molecule has 5 rings (SSSR count). The lowest BCUT2D eigenvalue weighted by atomic mass is 9.99. The zero-order valence-electron chi connectivity index (χ0n) is 15.7. The van der Waals surface area contributed by atoms with E-state index >= 15 is 0 Å². The molecule has 7 nitrogen and oxygen atoms in total. The molecule has 1 fully saturated rings. The highest BCUT2D eigenvalue weighted by atomic mass is 16.3. The number of β-amino-alcohol motifs (C(OH)–C–C–N with tert-alkyl or cyclic N) is 1. The minimum Gasteiger partial charge on any atom is -0.391 e. The van der Waals surface area contributed by atoms with Crippen molar-refractivity contribution >= 4 is 16.8 Å². The van der Waals surface area contributed by atoms with Crippen LogP contribution in [0.1, 0.15) is 35.0 Å². The molecule has 2 atom stereocenters. The van der Waals surface area contributed by atoms with Gasteiger partial charge in [-0.05, 0) is 31.4 Å². The van der Waals surface area contributed by atoms with E-state index in [1.807, 2.05) is 34.9 Å². The van der Waals surface area contributed by atoms with Gasteiger partial charge in [-0.25, -0.2) is 0 Å². The fourth-order valence-electron chi connectivity index (χ4n) is 4.32. The standard InChI is InChI=1S/C21H23N5O2/c27-18-13-25(21(28)20-24-23-19-7-3-4-10-26(19)20)12-15(18)11-16-9-8-14-5-1-2-6-17(14)22-16/h1-2,5-6,8-9,15,18,27H,3-4,7,10-13H2/t15-,18-/m1/s1. The van der Waals surface area contributed by atoms with Crippen molar-refractivity contribution in [3.63, 3.8) is 0 Å². The quantitative estimate of drug-likeness (QED) is 0.753. The summed E-state index contributed by atoms with van der Waals surface area (Å²) in [6.07, 6.45) is 3.10. The Morgan fingerprint density at radius 1 is 1.11 bits per heavy atom. The predicted molar refractivity (Wildman–Crippen MR) is 104 cm³/mol. The van der Waals surface area contributed by atoms with E-state index in [1.54, 1.807) is 4.90 Å². The molecule has 0 radical (unpaired) electrons. The number of aromatic nitrogens is 4. The monoisotopic (exact) mass is 377 g/mol. The van der Waals surface area contributed by atoms with E-state index in [9.17, 15) is 9.90 Å². The normalized spacial score (nSPS) is 21.8. The molecule has 1 amide bonds. The number of likely N-dealkylation sites (tertiary alicyclic amines) is 1. The van der Waals surface area contributed by atoms with Gasteiger partial charge in [-0.3, -0.25) is 9.78 Å². The Morgan fingerprint density at radius 2 is 2.00 bits per heavy atom. The average Bonchev–Trinajstić information content (AvgIpc) is 3.31. The van der Waals surface area contributed by atoms with Gasteiger partial charge in [0, 0.05) is 43.1 Å². The van der Waals surface area contributed by atoms with E-state index in [0.29, 0.717) is 25.3 Å². The smallest absolute Gasteiger partial charge is 0.291 e. The number of para-hydroxylation sites is 1. The van der Waals surface area contributed by atoms with Crippen molar-refractivity contribution < 1.29 is 9.90 Å². The maximum atomic E-state index is 13.0. The third-order valence-corrected chi connectivity index (χ3v) is 5.87. The number of aryl methyl sites for hydroxylation is 1. The topological polar surface area (TPSA) is 84.1 Å². The number of pyridine rings is 1. The summed E-state index contributed by atoms with van der Waals surface area (Å²) in [7, 11) is 0. The molecule has 3 aromatic rings. The second-order valence-electron chi connectivity index (χ2n) is 7.79. The van der Waals surface area contributed by atoms with Crippen molar-refractivity contribution in [2.75, 3.05) is 13.1 Å². The second-order valence-corrected chi connectivity index (χ2v) is 7.79. The molecule has 4 heterocycles. The number of benzene rings is 1. The predicted octanol–water partition coefficient (Wildman–Crippen LogP) is 1.84. The third kappa shape index (κ3) is 3.05. The Kier molecular flexibility index (Phi) is 4.31. The van der Waals surface area contributed by atoms with Gasteiger partial charge in [0.15, 0.2) is 0 Å². The Morgan fingerprint density at radius 3 is 2.93 bits per heavy atom. The summed E-state index contributed by atoms with van der Waals surface area (Å²) in [5.41, 5.74) is 1.90. The molecule has 0 aliphatic carbocycles. The van der Waals surface area contributed by atoms with Crippen molar-refractivity contribution in [1.82, 2.24) is 24.6 Å². The van der Waals surface area contributed by atoms with Crippen LogP contribution < -0.4 is 0 Å². The van der Waals surface area contributed by atoms with Crippen molar-refractivity contribution in [1.29, 1.82) is 0 Å². The zero-order valence-corrected chi connectivity index (χ0v) is 15.7. The van der Waals surface area contributed by atoms with Crippen molar-refractivity contribution in [2.45, 2.75) is 38.3 Å². The summed E-state index contributed by atoms with van der Waals surface area (Å²) in [6, 6.07) is 12.1. The fourth-order valence-corrected chi connectivity index (χ4v) is 4.32. The first-order valence-electron chi connectivity index (χ1n) is 9.93. The van der Waals surface area contributed by atoms with E-state index in [2.05, 4.69) is 16.3 Å². The third-order valence-electron chi connectivity index (χ3n) is 5.87. The number of hydrogen-bond donors (Lipinski definition) is 1. The minimum atomic E-state index is -0.555. The lowest BCUT2D eigenvalue weighted by Gasteiger charge is -2.18. The first kappa shape index (κ1) is 17.3. The van der Waals surface area contributed by atoms with Crippen LogP contribution in [0, 0.1) is 5.92 Å². The van der Waals surface area contributed by atoms with Crippen LogP contribution in [0.5, 0.6) is 0 Å². The molecule has 0 unspecified atom stereocenters. The first-order chi connectivity index (χ1) is 13.7. The van der Waals surface area contributed by atoms with Crippen molar-refractivity contribution in [3.05, 3.63) is 53.7 Å². The average molecular weight is 377 g/mol. The van der Waals surface area contributed by atoms with Gasteiger partial charge in [-0.15, -0.1) is 10.2 Å². The number of aliphatic hydroxyl groups is 1. The maximum absolute atomic E-state index is 13.0. The number of aliphatic hydroxyl groups excluding tert-OH is 1. The van der Waals surface area contributed by atoms with E-state index in [1.165, 1.54) is 0 Å². The van der Waals surface area contributed by atoms with Crippen LogP contribution >= 0.6 is 0 Å². The molecule has 2 aromatic heterocycles. The SMILES string of the molecule is O=C(c1nnc2n1CCCC2)N1C[C@@H](Cc2ccc3ccccc3n2)[C@H](O)C1. The lowest BCUT2D eigenvalue weighted by Crippen LogP contribution is -2.32. The highest BCUT2D eigenvalue weighted by Crippen LogP contribution is 2.24. The van der Waals surface area contributed by atoms with Crippen molar-refractivity contribution in [3.8, 4) is 0 Å². The van der Waals surface area contributed by atoms with E-state index in [0.717, 1.165) is 48.2 Å². The Labute approximate surface area is 163 Å². The summed E-state index contributed by atoms with van der Waals surface area (Å²) in [4.78, 5) is 19.4. The molecular formula is C21H23N5O2. The second kappa shape index (κ2) is 6.98. The molecule has 1 aromatic carbocycles. The molecule has 0 bridgehead atoms. The summed E-state index contributed by atoms with van der Waals surface area (Å²) < 4.78 is 1.94. The minimum absolute atomic E-state index is 0.0265. The van der Waals surface area contributed by atoms with Gasteiger partial charge in [-0.2, -0.15) is 0 Å². The Hall–Kier alpha value is -2.80. The lowest BCUT2D eigenvalue weighted by molar-refractivity contribution is 0.0746. The largest absolute Gasteiger partial charge is 0.391 e. The van der Waals surface area contributed by atoms with Gasteiger partial charge in [0.25, 0.3) is 5.91 Å². The summed E-state index contributed by atoms with van der Waals surface area (Å²) in [5, 5.41) is 20.0. The zero-order chi connectivity index (χ0) is 19.1. The number of carbonyl (C=O) groups excluding carboxylic acids is 1. The van der Waals surface area contributed by atoms with Crippen LogP contribution in [0.3, 0.4) is 0 Å². The van der Waals surface area contributed by atoms with Crippen LogP contribution in [0.25, 0.3) is 10.9 Å². The molecule has 0 saturated carbocycles. The Bertz CT molecular complexity index is 1030. The van der Waals surface area contributed by atoms with Crippen LogP contribution in [0.4, 0.5) is 0 Å². The van der Waals surface area contributed by atoms with Crippen LogP contribution in [0.15, 0.2) is 36.4 Å². The Balaban J connectivity index is 1.31. The molecule has 2 aliphatic heterocycles. The highest BCUT2D eigenvalue weighted by molar-refractivity contribution is 5.91. The molecule has 2 aliphatic rings. The number of carbonyl (C=O) groups is 1. The van der Waals surface area contributed by atoms with Crippen LogP contribution in [0.2, 0.25) is 0 Å². The highest BCUT2D eigenvalue weighted by Gasteiger charge is 2.36. The molecule has 28 heavy (non-hydrogen) atoms. The van der Waals surface area contributed by atoms with Gasteiger partial charge in [0.05, 0.1) is 11.6 Å². The van der Waals surface area contributed by atoms with Crippen LogP contribution in [-0.4, -0.2) is 54.9 Å². The summed E-state index contributed by atoms with van der Waals surface area (Å²) in [5.74, 6) is 1.15. The number of rotatable bonds is 3. The van der Waals surface area contributed by atoms with E-state index in [4.69, 9.17) is 4.98 Å². The number of nitrogens with zero attached hydrogens (tertiary/aromatic N) is 5. The number of hydrogen-bond acceptors (Lipinski definition) is 5. The summed E-state index contributed by atoms with van der Waals surface area (Å²) in [6.45, 7) is 1.64. The number of fused-ring (bicyclic) bond motifs is 2. The molecule has 1 saturated heterocycles. The molecule has 1 N–H and O–H groups in total. The van der Waals surface area contributed by atoms with Crippen LogP contribution in [-0.2, 0) is 19.4 Å². The molecule has 0 spiro atoms. The van der Waals surface area contributed by atoms with Gasteiger partial charge >= 0.3 is 0 Å². The van der Waals surface area contributed by atoms with E-state index in [-0.39, 0.29) is 11.8 Å². The summed E-state index contributed by atoms with van der Waals surface area (Å²) >= 11 is 0. The molecule has 144 valence electrons. The molecular weight excluding hydrogens is 354 g/mol. The van der Waals surface area contributed by atoms with Gasteiger partial charge in [0.2, 0.25) is 5.82 Å². The van der Waals surface area contributed by atoms with Gasteiger partial charge in [-0.1, -0.05) is 24.3 Å².